The molecule has 0 unspecified atom stereocenters. The van der Waals surface area contributed by atoms with Crippen LogP contribution in [0.2, 0.25) is 5.02 Å². The predicted octanol–water partition coefficient (Wildman–Crippen LogP) is 5.52. The summed E-state index contributed by atoms with van der Waals surface area (Å²) in [5.41, 5.74) is -1.06. The number of imidazole rings is 1. The number of hydrogen-bond acceptors (Lipinski definition) is 12. The van der Waals surface area contributed by atoms with E-state index in [1.54, 1.807) is 65.2 Å². The van der Waals surface area contributed by atoms with Crippen LogP contribution in [0, 0.1) is 0 Å². The van der Waals surface area contributed by atoms with Crippen LogP contribution in [0.1, 0.15) is 41.7 Å². The van der Waals surface area contributed by atoms with Crippen molar-refractivity contribution in [2.45, 2.75) is 44.9 Å². The molecule has 0 saturated carbocycles. The summed E-state index contributed by atoms with van der Waals surface area (Å²) in [5, 5.41) is 13.5. The van der Waals surface area contributed by atoms with E-state index in [0.29, 0.717) is 64.8 Å². The topological polar surface area (TPSA) is 188 Å². The third-order valence-electron chi connectivity index (χ3n) is 8.60. The van der Waals surface area contributed by atoms with Gasteiger partial charge in [-0.15, -0.1) is 12.4 Å². The number of amides is 1. The maximum Gasteiger partial charge on any atom is 0.516 e. The molecule has 2 aliphatic rings. The van der Waals surface area contributed by atoms with Gasteiger partial charge in [0.2, 0.25) is 0 Å². The van der Waals surface area contributed by atoms with Gasteiger partial charge >= 0.3 is 31.1 Å². The first kappa shape index (κ1) is 49.3. The molecule has 0 fully saturated rings. The lowest BCUT2D eigenvalue weighted by Crippen LogP contribution is -2.46. The predicted molar refractivity (Wildman–Crippen MR) is 217 cm³/mol. The largest absolute Gasteiger partial charge is 0.516 e. The number of nitrogens with one attached hydrogen (secondary N) is 1. The second-order valence-corrected chi connectivity index (χ2v) is 16.3. The van der Waals surface area contributed by atoms with Crippen LogP contribution in [0.15, 0.2) is 71.0 Å². The van der Waals surface area contributed by atoms with Crippen LogP contribution in [0.3, 0.4) is 0 Å². The number of sulfonamides is 2. The highest BCUT2D eigenvalue weighted by atomic mass is 35.5. The molecule has 0 aliphatic carbocycles. The van der Waals surface area contributed by atoms with Crippen LogP contribution in [-0.2, 0) is 39.6 Å². The van der Waals surface area contributed by atoms with E-state index in [9.17, 15) is 48.0 Å². The highest BCUT2D eigenvalue weighted by Crippen LogP contribution is 2.31. The van der Waals surface area contributed by atoms with Crippen LogP contribution in [0.4, 0.5) is 37.7 Å². The molecule has 1 amide bonds. The number of hydrogen-bond donors (Lipinski definition) is 2. The van der Waals surface area contributed by atoms with Gasteiger partial charge in [-0.05, 0) is 47.9 Å². The number of halogens is 8. The third kappa shape index (κ3) is 10.5. The Hall–Kier alpha value is -5.04. The zero-order valence-corrected chi connectivity index (χ0v) is 34.1. The SMILES string of the molecule is C.CCc1nc2c(Cl)c(OC)ccn2c1C(=O)NCc1ccc(N2CCN(S(=O)(=O)C(F)(F)F)C=N2)cc1.Cl.NCc1ccc(N2CCN(S(=O)(=O)C(F)(F)F)C=N2)cc1. The summed E-state index contributed by atoms with van der Waals surface area (Å²) < 4.78 is 128. The number of alkyl halides is 6. The first-order chi connectivity index (χ1) is 27.2. The monoisotopic (exact) mass is 932 g/mol. The fourth-order valence-electron chi connectivity index (χ4n) is 5.49. The summed E-state index contributed by atoms with van der Waals surface area (Å²) in [6.45, 7) is 1.67. The van der Waals surface area contributed by atoms with Crippen molar-refractivity contribution >= 4 is 79.7 Å². The summed E-state index contributed by atoms with van der Waals surface area (Å²) >= 11 is 6.35. The fraction of sp³-hybridized carbons (Fsp3) is 0.353. The average molecular weight is 934 g/mol. The van der Waals surface area contributed by atoms with E-state index in [1.807, 2.05) is 6.92 Å². The summed E-state index contributed by atoms with van der Waals surface area (Å²) in [5.74, 6) is 0.0999. The second kappa shape index (κ2) is 19.6. The highest BCUT2D eigenvalue weighted by molar-refractivity contribution is 7.90. The minimum atomic E-state index is -5.47. The minimum Gasteiger partial charge on any atom is -0.495 e. The quantitative estimate of drug-likeness (QED) is 0.192. The number of aromatic nitrogens is 2. The lowest BCUT2D eigenvalue weighted by atomic mass is 10.2. The molecule has 60 heavy (non-hydrogen) atoms. The number of aryl methyl sites for hydroxylation is 1. The number of nitrogens with zero attached hydrogens (tertiary/aromatic N) is 8. The molecule has 2 aromatic carbocycles. The molecule has 0 atom stereocenters. The van der Waals surface area contributed by atoms with E-state index in [1.165, 1.54) is 17.1 Å². The van der Waals surface area contributed by atoms with Gasteiger partial charge in [-0.25, -0.2) is 13.6 Å². The van der Waals surface area contributed by atoms with Gasteiger partial charge < -0.3 is 15.8 Å². The summed E-state index contributed by atoms with van der Waals surface area (Å²) in [7, 11) is -9.36. The number of carbonyl (C=O) groups excluding carboxylic acids is 1. The number of ether oxygens (including phenoxy) is 1. The van der Waals surface area contributed by atoms with E-state index in [4.69, 9.17) is 22.1 Å². The molecule has 26 heteroatoms. The molecular weight excluding hydrogens is 893 g/mol. The highest BCUT2D eigenvalue weighted by Gasteiger charge is 2.51. The Labute approximate surface area is 352 Å². The Balaban J connectivity index is 0.000000357. The van der Waals surface area contributed by atoms with Crippen LogP contribution in [-0.4, -0.2) is 97.7 Å². The summed E-state index contributed by atoms with van der Waals surface area (Å²) in [6.07, 6.45) is 3.48. The van der Waals surface area contributed by atoms with E-state index in [-0.39, 0.29) is 60.5 Å². The Morgan fingerprint density at radius 1 is 0.817 bits per heavy atom. The molecule has 4 aromatic rings. The van der Waals surface area contributed by atoms with Crippen molar-refractivity contribution in [3.63, 3.8) is 0 Å². The molecule has 2 aromatic heterocycles. The zero-order chi connectivity index (χ0) is 42.6. The van der Waals surface area contributed by atoms with Gasteiger partial charge in [-0.2, -0.15) is 53.4 Å². The Morgan fingerprint density at radius 3 is 1.67 bits per heavy atom. The maximum atomic E-state index is 13.0. The van der Waals surface area contributed by atoms with Crippen LogP contribution < -0.4 is 25.8 Å². The van der Waals surface area contributed by atoms with Crippen molar-refractivity contribution in [1.29, 1.82) is 0 Å². The van der Waals surface area contributed by atoms with E-state index >= 15 is 0 Å². The van der Waals surface area contributed by atoms with Gasteiger partial charge in [0.15, 0.2) is 5.65 Å². The van der Waals surface area contributed by atoms with Crippen LogP contribution >= 0.6 is 24.0 Å². The lowest BCUT2D eigenvalue weighted by molar-refractivity contribution is -0.0477. The van der Waals surface area contributed by atoms with Gasteiger partial charge in [0.25, 0.3) is 5.91 Å². The minimum absolute atomic E-state index is 0. The van der Waals surface area contributed by atoms with Crippen molar-refractivity contribution in [3.8, 4) is 5.75 Å². The Kier molecular flexibility index (Phi) is 16.1. The van der Waals surface area contributed by atoms with Crippen molar-refractivity contribution in [2.24, 2.45) is 15.9 Å². The molecule has 0 spiro atoms. The third-order valence-corrected chi connectivity index (χ3v) is 11.9. The number of carbonyl (C=O) groups is 1. The molecule has 6 rings (SSSR count). The van der Waals surface area contributed by atoms with Crippen molar-refractivity contribution < 1.29 is 52.7 Å². The molecule has 330 valence electrons. The average Bonchev–Trinajstić information content (AvgIpc) is 3.60. The molecule has 0 bridgehead atoms. The van der Waals surface area contributed by atoms with E-state index in [2.05, 4.69) is 20.5 Å². The maximum absolute atomic E-state index is 13.0. The fourth-order valence-corrected chi connectivity index (χ4v) is 7.27. The smallest absolute Gasteiger partial charge is 0.495 e. The van der Waals surface area contributed by atoms with Crippen molar-refractivity contribution in [1.82, 2.24) is 23.3 Å². The lowest BCUT2D eigenvalue weighted by Gasteiger charge is -2.29. The van der Waals surface area contributed by atoms with Gasteiger partial charge in [0, 0.05) is 19.3 Å². The van der Waals surface area contributed by atoms with Crippen molar-refractivity contribution in [3.05, 3.63) is 88.3 Å². The molecule has 0 saturated heterocycles. The normalized spacial score (nSPS) is 14.6. The van der Waals surface area contributed by atoms with Gasteiger partial charge in [0.1, 0.15) is 29.1 Å². The standard InChI is InChI=1S/C22H22ClF3N6O4S.C11H13F3N4O2S.CH4.ClH/c1-3-16-19(31-9-8-17(36-2)18(23)20(31)29-16)21(33)27-12-14-4-6-15(7-5-14)32-11-10-30(13-28-32)37(34,35)22(24,25)26;12-11(13,14)21(19,20)17-5-6-18(16-8-17)10-3-1-9(7-15)2-4-10;;/h4-9,13H,3,10-12H2,1-2H3,(H,27,33);1-4,8H,5-7,15H2;1H4;1H. The van der Waals surface area contributed by atoms with Gasteiger partial charge in [0.05, 0.1) is 50.4 Å². The van der Waals surface area contributed by atoms with Crippen LogP contribution in [0.25, 0.3) is 5.65 Å². The number of methoxy groups -OCH3 is 1. The molecule has 0 radical (unpaired) electrons. The molecule has 16 nitrogen and oxygen atoms in total. The van der Waals surface area contributed by atoms with Gasteiger partial charge in [-0.3, -0.25) is 19.2 Å². The van der Waals surface area contributed by atoms with Crippen molar-refractivity contribution in [2.75, 3.05) is 43.3 Å². The first-order valence-corrected chi connectivity index (χ1v) is 20.2. The summed E-state index contributed by atoms with van der Waals surface area (Å²) in [6, 6.07) is 15.4. The van der Waals surface area contributed by atoms with Gasteiger partial charge in [-0.1, -0.05) is 50.2 Å². The number of benzene rings is 2. The summed E-state index contributed by atoms with van der Waals surface area (Å²) in [4.78, 5) is 17.5. The number of rotatable bonds is 10. The van der Waals surface area contributed by atoms with Crippen LogP contribution in [0.5, 0.6) is 5.75 Å². The number of nitrogens with two attached hydrogens (primary N) is 1. The Morgan fingerprint density at radius 2 is 1.28 bits per heavy atom. The molecular formula is C34H40Cl2F6N10O6S2. The molecule has 2 aliphatic heterocycles. The number of hydrazone groups is 2. The number of pyridine rings is 1. The Bertz CT molecular complexity index is 2400. The zero-order valence-electron chi connectivity index (χ0n) is 30.9. The van der Waals surface area contributed by atoms with E-state index < -0.39 is 37.6 Å². The number of anilines is 2. The second-order valence-electron chi connectivity index (χ2n) is 12.2. The molecule has 3 N–H and O–H groups in total. The first-order valence-electron chi connectivity index (χ1n) is 16.9. The number of fused-ring (bicyclic) bond motifs is 1. The van der Waals surface area contributed by atoms with E-state index in [0.717, 1.165) is 11.1 Å². The molecule has 4 heterocycles.